The van der Waals surface area contributed by atoms with E-state index in [-0.39, 0.29) is 11.4 Å². The Kier molecular flexibility index (Phi) is 8.92. The van der Waals surface area contributed by atoms with Gasteiger partial charge in [-0.25, -0.2) is 0 Å². The van der Waals surface area contributed by atoms with Crippen molar-refractivity contribution in [2.75, 3.05) is 6.54 Å². The number of hydrogen-bond donors (Lipinski definition) is 2. The summed E-state index contributed by atoms with van der Waals surface area (Å²) in [6.45, 7) is 2.85. The normalized spacial score (nSPS) is 16.7. The minimum absolute atomic E-state index is 0.0453. The lowest BCUT2D eigenvalue weighted by molar-refractivity contribution is -0.124. The van der Waals surface area contributed by atoms with E-state index < -0.39 is 0 Å². The molecule has 0 radical (unpaired) electrons. The Morgan fingerprint density at radius 3 is 2.00 bits per heavy atom. The first-order chi connectivity index (χ1) is 9.72. The van der Waals surface area contributed by atoms with Crippen LogP contribution in [0.1, 0.15) is 90.4 Å². The molecular formula is C17H34N2O. The molecule has 0 unspecified atom stereocenters. The fourth-order valence-electron chi connectivity index (χ4n) is 2.94. The van der Waals surface area contributed by atoms with E-state index in [9.17, 15) is 4.79 Å². The summed E-state index contributed by atoms with van der Waals surface area (Å²) in [5, 5.41) is 3.14. The van der Waals surface area contributed by atoms with Crippen LogP contribution < -0.4 is 11.1 Å². The summed E-state index contributed by atoms with van der Waals surface area (Å²) < 4.78 is 0. The summed E-state index contributed by atoms with van der Waals surface area (Å²) in [6, 6.07) is 0. The van der Waals surface area contributed by atoms with Crippen molar-refractivity contribution in [1.29, 1.82) is 0 Å². The second-order valence-corrected chi connectivity index (χ2v) is 6.46. The Bertz CT molecular complexity index is 256. The Labute approximate surface area is 125 Å². The standard InChI is InChI=1S/C17H34N2O/c1-2-3-4-5-6-7-8-9-10-12-16(20)19-17(15-18)13-11-14-17/h2-15,18H2,1H3,(H,19,20). The van der Waals surface area contributed by atoms with Gasteiger partial charge in [0.1, 0.15) is 0 Å². The number of hydrogen-bond acceptors (Lipinski definition) is 2. The molecule has 0 aromatic rings. The van der Waals surface area contributed by atoms with Crippen LogP contribution >= 0.6 is 0 Å². The summed E-state index contributed by atoms with van der Waals surface area (Å²) >= 11 is 0. The molecule has 20 heavy (non-hydrogen) atoms. The topological polar surface area (TPSA) is 55.1 Å². The van der Waals surface area contributed by atoms with Gasteiger partial charge in [-0.15, -0.1) is 0 Å². The second kappa shape index (κ2) is 10.2. The van der Waals surface area contributed by atoms with Gasteiger partial charge < -0.3 is 11.1 Å². The number of unbranched alkanes of at least 4 members (excludes halogenated alkanes) is 8. The monoisotopic (exact) mass is 282 g/mol. The van der Waals surface area contributed by atoms with Crippen LogP contribution in [0.4, 0.5) is 0 Å². The van der Waals surface area contributed by atoms with Crippen LogP contribution in [0, 0.1) is 0 Å². The lowest BCUT2D eigenvalue weighted by Crippen LogP contribution is -2.58. The van der Waals surface area contributed by atoms with Crippen LogP contribution in [0.5, 0.6) is 0 Å². The first-order valence-electron chi connectivity index (χ1n) is 8.73. The van der Waals surface area contributed by atoms with Crippen LogP contribution in [0.15, 0.2) is 0 Å². The molecular weight excluding hydrogens is 248 g/mol. The second-order valence-electron chi connectivity index (χ2n) is 6.46. The van der Waals surface area contributed by atoms with Gasteiger partial charge in [0.15, 0.2) is 0 Å². The zero-order valence-electron chi connectivity index (χ0n) is 13.4. The van der Waals surface area contributed by atoms with Crippen LogP contribution in [0.2, 0.25) is 0 Å². The zero-order chi connectivity index (χ0) is 14.7. The molecule has 0 aromatic heterocycles. The molecule has 1 aliphatic rings. The minimum atomic E-state index is -0.0453. The number of nitrogens with one attached hydrogen (secondary N) is 1. The van der Waals surface area contributed by atoms with E-state index >= 15 is 0 Å². The molecule has 0 aliphatic heterocycles. The SMILES string of the molecule is CCCCCCCCCCCC(=O)NC1(CN)CCC1. The van der Waals surface area contributed by atoms with Gasteiger partial charge in [-0.1, -0.05) is 58.3 Å². The van der Waals surface area contributed by atoms with E-state index in [2.05, 4.69) is 12.2 Å². The molecule has 0 heterocycles. The van der Waals surface area contributed by atoms with Crippen molar-refractivity contribution in [2.24, 2.45) is 5.73 Å². The number of amides is 1. The highest BCUT2D eigenvalue weighted by Gasteiger charge is 2.36. The molecule has 3 heteroatoms. The Balaban J connectivity index is 1.89. The number of nitrogens with two attached hydrogens (primary N) is 1. The Morgan fingerprint density at radius 1 is 1.00 bits per heavy atom. The predicted molar refractivity (Wildman–Crippen MR) is 85.6 cm³/mol. The van der Waals surface area contributed by atoms with E-state index in [0.717, 1.165) is 19.3 Å². The van der Waals surface area contributed by atoms with Crippen molar-refractivity contribution in [3.8, 4) is 0 Å². The molecule has 3 nitrogen and oxygen atoms in total. The molecule has 1 rings (SSSR count). The Hall–Kier alpha value is -0.570. The highest BCUT2D eigenvalue weighted by atomic mass is 16.1. The maximum Gasteiger partial charge on any atom is 0.220 e. The fourth-order valence-corrected chi connectivity index (χ4v) is 2.94. The molecule has 0 saturated heterocycles. The van der Waals surface area contributed by atoms with Gasteiger partial charge in [0, 0.05) is 13.0 Å². The smallest absolute Gasteiger partial charge is 0.220 e. The third-order valence-electron chi connectivity index (χ3n) is 4.61. The van der Waals surface area contributed by atoms with Crippen molar-refractivity contribution in [2.45, 2.75) is 95.9 Å². The van der Waals surface area contributed by atoms with E-state index in [0.29, 0.717) is 13.0 Å². The van der Waals surface area contributed by atoms with E-state index in [1.54, 1.807) is 0 Å². The summed E-state index contributed by atoms with van der Waals surface area (Å²) in [5.74, 6) is 0.207. The van der Waals surface area contributed by atoms with Crippen molar-refractivity contribution < 1.29 is 4.79 Å². The largest absolute Gasteiger partial charge is 0.349 e. The fraction of sp³-hybridized carbons (Fsp3) is 0.941. The van der Waals surface area contributed by atoms with E-state index in [4.69, 9.17) is 5.73 Å². The highest BCUT2D eigenvalue weighted by molar-refractivity contribution is 5.76. The predicted octanol–water partition coefficient (Wildman–Crippen LogP) is 3.90. The molecule has 0 atom stereocenters. The van der Waals surface area contributed by atoms with Crippen LogP contribution in [-0.4, -0.2) is 18.0 Å². The van der Waals surface area contributed by atoms with Crippen molar-refractivity contribution in [3.63, 3.8) is 0 Å². The van der Waals surface area contributed by atoms with Crippen LogP contribution in [-0.2, 0) is 4.79 Å². The molecule has 1 amide bonds. The zero-order valence-corrected chi connectivity index (χ0v) is 13.4. The Morgan fingerprint density at radius 2 is 1.55 bits per heavy atom. The first-order valence-corrected chi connectivity index (χ1v) is 8.73. The van der Waals surface area contributed by atoms with Crippen LogP contribution in [0.25, 0.3) is 0 Å². The number of rotatable bonds is 12. The summed E-state index contributed by atoms with van der Waals surface area (Å²) in [5.41, 5.74) is 5.70. The van der Waals surface area contributed by atoms with Gasteiger partial charge >= 0.3 is 0 Å². The molecule has 3 N–H and O–H groups in total. The van der Waals surface area contributed by atoms with Crippen molar-refractivity contribution >= 4 is 5.91 Å². The highest BCUT2D eigenvalue weighted by Crippen LogP contribution is 2.30. The third kappa shape index (κ3) is 6.74. The summed E-state index contributed by atoms with van der Waals surface area (Å²) in [6.07, 6.45) is 15.7. The average molecular weight is 282 g/mol. The minimum Gasteiger partial charge on any atom is -0.349 e. The molecule has 0 aromatic carbocycles. The van der Waals surface area contributed by atoms with Gasteiger partial charge in [-0.3, -0.25) is 4.79 Å². The van der Waals surface area contributed by atoms with Crippen LogP contribution in [0.3, 0.4) is 0 Å². The third-order valence-corrected chi connectivity index (χ3v) is 4.61. The van der Waals surface area contributed by atoms with Gasteiger partial charge in [0.25, 0.3) is 0 Å². The molecule has 0 spiro atoms. The molecule has 1 fully saturated rings. The lowest BCUT2D eigenvalue weighted by atomic mass is 9.76. The molecule has 1 saturated carbocycles. The average Bonchev–Trinajstić information content (AvgIpc) is 2.41. The van der Waals surface area contributed by atoms with Gasteiger partial charge in [-0.2, -0.15) is 0 Å². The van der Waals surface area contributed by atoms with E-state index in [1.165, 1.54) is 57.8 Å². The maximum atomic E-state index is 11.9. The number of carbonyl (C=O) groups is 1. The van der Waals surface area contributed by atoms with Gasteiger partial charge in [-0.05, 0) is 25.7 Å². The summed E-state index contributed by atoms with van der Waals surface area (Å²) in [4.78, 5) is 11.9. The quantitative estimate of drug-likeness (QED) is 0.533. The maximum absolute atomic E-state index is 11.9. The summed E-state index contributed by atoms with van der Waals surface area (Å²) in [7, 11) is 0. The lowest BCUT2D eigenvalue weighted by Gasteiger charge is -2.41. The molecule has 0 bridgehead atoms. The molecule has 118 valence electrons. The van der Waals surface area contributed by atoms with Crippen molar-refractivity contribution in [3.05, 3.63) is 0 Å². The van der Waals surface area contributed by atoms with E-state index in [1.807, 2.05) is 0 Å². The van der Waals surface area contributed by atoms with Gasteiger partial charge in [0.05, 0.1) is 5.54 Å². The first kappa shape index (κ1) is 17.5. The van der Waals surface area contributed by atoms with Gasteiger partial charge in [0.2, 0.25) is 5.91 Å². The number of carbonyl (C=O) groups excluding carboxylic acids is 1. The van der Waals surface area contributed by atoms with Crippen molar-refractivity contribution in [1.82, 2.24) is 5.32 Å². The molecule has 1 aliphatic carbocycles.